The molecule has 0 aromatic carbocycles. The van der Waals surface area contributed by atoms with E-state index in [0.717, 1.165) is 13.0 Å². The van der Waals surface area contributed by atoms with E-state index >= 15 is 0 Å². The molecule has 0 aromatic heterocycles. The highest BCUT2D eigenvalue weighted by molar-refractivity contribution is 7.90. The molecule has 1 amide bonds. The number of carbonyl (C=O) groups is 1. The number of hydrogen-bond acceptors (Lipinski definition) is 5. The quantitative estimate of drug-likeness (QED) is 0.825. The predicted molar refractivity (Wildman–Crippen MR) is 83.1 cm³/mol. The molecule has 1 saturated heterocycles. The van der Waals surface area contributed by atoms with Gasteiger partial charge in [0.05, 0.1) is 5.75 Å². The van der Waals surface area contributed by atoms with Crippen LogP contribution in [0.5, 0.6) is 0 Å². The lowest BCUT2D eigenvalue weighted by Crippen LogP contribution is -2.38. The topological polar surface area (TPSA) is 75.7 Å². The van der Waals surface area contributed by atoms with Gasteiger partial charge in [0.1, 0.15) is 15.4 Å². The zero-order valence-corrected chi connectivity index (χ0v) is 14.5. The van der Waals surface area contributed by atoms with Crippen molar-refractivity contribution in [3.05, 3.63) is 0 Å². The molecule has 0 radical (unpaired) electrons. The van der Waals surface area contributed by atoms with Gasteiger partial charge in [-0.15, -0.1) is 0 Å². The number of rotatable bonds is 5. The van der Waals surface area contributed by atoms with E-state index in [1.165, 1.54) is 6.26 Å². The second-order valence-electron chi connectivity index (χ2n) is 6.98. The maximum absolute atomic E-state index is 11.9. The molecule has 21 heavy (non-hydrogen) atoms. The summed E-state index contributed by atoms with van der Waals surface area (Å²) in [4.78, 5) is 13.7. The van der Waals surface area contributed by atoms with Crippen molar-refractivity contribution in [3.63, 3.8) is 0 Å². The van der Waals surface area contributed by atoms with Crippen molar-refractivity contribution in [2.24, 2.45) is 5.92 Å². The minimum absolute atomic E-state index is 0.0735. The number of likely N-dealkylation sites (tertiary alicyclic amines) is 1. The van der Waals surface area contributed by atoms with E-state index in [1.807, 2.05) is 27.7 Å². The van der Waals surface area contributed by atoms with Gasteiger partial charge in [0, 0.05) is 25.4 Å². The SMILES string of the molecule is CC(CS(C)(=O)=O)NCC1CCN(C(=O)OC(C)(C)C)C1. The van der Waals surface area contributed by atoms with Crippen LogP contribution in [0.25, 0.3) is 0 Å². The highest BCUT2D eigenvalue weighted by Crippen LogP contribution is 2.19. The Bertz CT molecular complexity index is 456. The lowest BCUT2D eigenvalue weighted by atomic mass is 10.1. The molecule has 0 bridgehead atoms. The highest BCUT2D eigenvalue weighted by atomic mass is 32.2. The van der Waals surface area contributed by atoms with Gasteiger partial charge in [-0.1, -0.05) is 0 Å². The van der Waals surface area contributed by atoms with Gasteiger partial charge >= 0.3 is 6.09 Å². The Labute approximate surface area is 128 Å². The van der Waals surface area contributed by atoms with Gasteiger partial charge in [-0.05, 0) is 46.6 Å². The zero-order valence-electron chi connectivity index (χ0n) is 13.7. The summed E-state index contributed by atoms with van der Waals surface area (Å²) in [6.45, 7) is 9.50. The maximum Gasteiger partial charge on any atom is 0.410 e. The molecule has 0 aromatic rings. The molecule has 0 aliphatic carbocycles. The molecular weight excluding hydrogens is 292 g/mol. The number of sulfone groups is 1. The molecule has 6 nitrogen and oxygen atoms in total. The number of carbonyl (C=O) groups excluding carboxylic acids is 1. The summed E-state index contributed by atoms with van der Waals surface area (Å²) in [5.74, 6) is 0.481. The molecule has 1 rings (SSSR count). The van der Waals surface area contributed by atoms with Gasteiger partial charge in [0.2, 0.25) is 0 Å². The van der Waals surface area contributed by atoms with Gasteiger partial charge in [-0.3, -0.25) is 0 Å². The Morgan fingerprint density at radius 1 is 1.43 bits per heavy atom. The molecule has 0 saturated carbocycles. The summed E-state index contributed by atoms with van der Waals surface area (Å²) in [6, 6.07) is -0.0735. The molecule has 124 valence electrons. The second-order valence-corrected chi connectivity index (χ2v) is 9.17. The largest absolute Gasteiger partial charge is 0.444 e. The minimum Gasteiger partial charge on any atom is -0.444 e. The van der Waals surface area contributed by atoms with Crippen LogP contribution >= 0.6 is 0 Å². The van der Waals surface area contributed by atoms with Crippen LogP contribution in [0.15, 0.2) is 0 Å². The van der Waals surface area contributed by atoms with Crippen LogP contribution in [0.1, 0.15) is 34.1 Å². The fourth-order valence-electron chi connectivity index (χ4n) is 2.37. The Balaban J connectivity index is 2.33. The third kappa shape index (κ3) is 7.66. The van der Waals surface area contributed by atoms with Gasteiger partial charge in [-0.2, -0.15) is 0 Å². The smallest absolute Gasteiger partial charge is 0.410 e. The first kappa shape index (κ1) is 18.2. The van der Waals surface area contributed by atoms with E-state index in [2.05, 4.69) is 5.32 Å². The fraction of sp³-hybridized carbons (Fsp3) is 0.929. The van der Waals surface area contributed by atoms with Crippen molar-refractivity contribution in [2.75, 3.05) is 31.6 Å². The Kier molecular flexibility index (Phi) is 6.04. The van der Waals surface area contributed by atoms with Crippen LogP contribution in [0.4, 0.5) is 4.79 Å². The average molecular weight is 320 g/mol. The predicted octanol–water partition coefficient (Wildman–Crippen LogP) is 1.27. The van der Waals surface area contributed by atoms with Crippen molar-refractivity contribution < 1.29 is 17.9 Å². The molecule has 0 spiro atoms. The van der Waals surface area contributed by atoms with E-state index in [1.54, 1.807) is 4.90 Å². The Morgan fingerprint density at radius 2 is 2.05 bits per heavy atom. The first-order valence-electron chi connectivity index (χ1n) is 7.35. The fourth-order valence-corrected chi connectivity index (χ4v) is 3.40. The Hall–Kier alpha value is -0.820. The van der Waals surface area contributed by atoms with E-state index in [9.17, 15) is 13.2 Å². The number of nitrogens with one attached hydrogen (secondary N) is 1. The summed E-state index contributed by atoms with van der Waals surface area (Å²) in [7, 11) is -2.96. The third-order valence-corrected chi connectivity index (χ3v) is 4.35. The van der Waals surface area contributed by atoms with E-state index < -0.39 is 15.4 Å². The summed E-state index contributed by atoms with van der Waals surface area (Å²) in [6.07, 6.45) is 1.89. The lowest BCUT2D eigenvalue weighted by molar-refractivity contribution is 0.0288. The zero-order chi connectivity index (χ0) is 16.3. The normalized spacial score (nSPS) is 21.4. The molecular formula is C14H28N2O4S. The molecule has 1 fully saturated rings. The van der Waals surface area contributed by atoms with Crippen LogP contribution in [0.3, 0.4) is 0 Å². The number of amides is 1. The standard InChI is InChI=1S/C14H28N2O4S/c1-11(10-21(5,18)19)15-8-12-6-7-16(9-12)13(17)20-14(2,3)4/h11-12,15H,6-10H2,1-5H3. The van der Waals surface area contributed by atoms with Crippen molar-refractivity contribution in [1.82, 2.24) is 10.2 Å². The molecule has 2 atom stereocenters. The molecule has 1 aliphatic heterocycles. The van der Waals surface area contributed by atoms with Gasteiger partial charge in [0.15, 0.2) is 0 Å². The molecule has 2 unspecified atom stereocenters. The van der Waals surface area contributed by atoms with Gasteiger partial charge < -0.3 is 15.0 Å². The molecule has 7 heteroatoms. The molecule has 1 N–H and O–H groups in total. The Morgan fingerprint density at radius 3 is 2.57 bits per heavy atom. The van der Waals surface area contributed by atoms with Crippen molar-refractivity contribution in [2.45, 2.75) is 45.8 Å². The van der Waals surface area contributed by atoms with Crippen LogP contribution in [-0.2, 0) is 14.6 Å². The summed E-state index contributed by atoms with van der Waals surface area (Å²) < 4.78 is 27.8. The van der Waals surface area contributed by atoms with Crippen molar-refractivity contribution in [1.29, 1.82) is 0 Å². The monoisotopic (exact) mass is 320 g/mol. The summed E-state index contributed by atoms with van der Waals surface area (Å²) in [5.41, 5.74) is -0.475. The van der Waals surface area contributed by atoms with Gasteiger partial charge in [0.25, 0.3) is 0 Å². The number of hydrogen-bond donors (Lipinski definition) is 1. The van der Waals surface area contributed by atoms with Crippen molar-refractivity contribution in [3.8, 4) is 0 Å². The third-order valence-electron chi connectivity index (χ3n) is 3.25. The van der Waals surface area contributed by atoms with Crippen LogP contribution in [0, 0.1) is 5.92 Å². The molecule has 1 heterocycles. The van der Waals surface area contributed by atoms with Crippen molar-refractivity contribution >= 4 is 15.9 Å². The highest BCUT2D eigenvalue weighted by Gasteiger charge is 2.29. The van der Waals surface area contributed by atoms with E-state index in [-0.39, 0.29) is 17.9 Å². The van der Waals surface area contributed by atoms with E-state index in [4.69, 9.17) is 4.74 Å². The van der Waals surface area contributed by atoms with Crippen LogP contribution in [-0.4, -0.2) is 62.7 Å². The molecule has 1 aliphatic rings. The maximum atomic E-state index is 11.9. The number of ether oxygens (including phenoxy) is 1. The van der Waals surface area contributed by atoms with Gasteiger partial charge in [-0.25, -0.2) is 13.2 Å². The van der Waals surface area contributed by atoms with E-state index in [0.29, 0.717) is 19.0 Å². The average Bonchev–Trinajstić information content (AvgIpc) is 2.70. The second kappa shape index (κ2) is 6.96. The van der Waals surface area contributed by atoms with Crippen LogP contribution < -0.4 is 5.32 Å². The lowest BCUT2D eigenvalue weighted by Gasteiger charge is -2.24. The summed E-state index contributed by atoms with van der Waals surface area (Å²) in [5, 5.41) is 3.23. The first-order valence-corrected chi connectivity index (χ1v) is 9.41. The van der Waals surface area contributed by atoms with Crippen LogP contribution in [0.2, 0.25) is 0 Å². The minimum atomic E-state index is -2.96. The summed E-state index contributed by atoms with van der Waals surface area (Å²) >= 11 is 0. The first-order chi connectivity index (χ1) is 9.46. The number of nitrogens with zero attached hydrogens (tertiary/aromatic N) is 1.